The second-order valence-electron chi connectivity index (χ2n) is 7.05. The number of ether oxygens (including phenoxy) is 2. The van der Waals surface area contributed by atoms with Crippen LogP contribution >= 0.6 is 0 Å². The van der Waals surface area contributed by atoms with Gasteiger partial charge in [-0.15, -0.1) is 0 Å². The molecule has 0 aliphatic carbocycles. The van der Waals surface area contributed by atoms with Gasteiger partial charge in [0.25, 0.3) is 10.1 Å². The molecule has 32 heavy (non-hydrogen) atoms. The topological polar surface area (TPSA) is 151 Å². The van der Waals surface area contributed by atoms with Crippen LogP contribution in [-0.2, 0) is 37.0 Å². The normalized spacial score (nSPS) is 15.3. The lowest BCUT2D eigenvalue weighted by molar-refractivity contribution is -0.120. The predicted molar refractivity (Wildman–Crippen MR) is 117 cm³/mol. The Labute approximate surface area is 187 Å². The Morgan fingerprint density at radius 3 is 2.09 bits per heavy atom. The number of hydrogen-bond acceptors (Lipinski definition) is 8. The molecule has 0 spiro atoms. The van der Waals surface area contributed by atoms with Crippen molar-refractivity contribution in [2.24, 2.45) is 5.11 Å². The summed E-state index contributed by atoms with van der Waals surface area (Å²) in [6.45, 7) is -0.705. The Morgan fingerprint density at radius 1 is 1.03 bits per heavy atom. The smallest absolute Gasteiger partial charge is 0.264 e. The molecule has 2 rings (SSSR count). The van der Waals surface area contributed by atoms with Gasteiger partial charge < -0.3 is 19.7 Å². The maximum atomic E-state index is 11.6. The maximum absolute atomic E-state index is 11.6. The first-order valence-corrected chi connectivity index (χ1v) is 11.6. The van der Waals surface area contributed by atoms with Gasteiger partial charge in [-0.2, -0.15) is 8.42 Å². The maximum Gasteiger partial charge on any atom is 0.264 e. The number of aliphatic hydroxyl groups excluding tert-OH is 2. The summed E-state index contributed by atoms with van der Waals surface area (Å²) in [5.41, 5.74) is 10.6. The van der Waals surface area contributed by atoms with E-state index in [1.54, 1.807) is 24.3 Å². The molecule has 0 radical (unpaired) electrons. The standard InChI is InChI=1S/C21H27N3O7S/c1-32(27,28)31-19(12-25)21(30-14-17-10-6-3-7-11-17)20(26)18(23-24-22)15-29-13-16-8-4-2-5-9-16/h2-11,18-21,25-26H,12-15H2,1H3/t18-,19-,20-,21+/m0/s1. The van der Waals surface area contributed by atoms with E-state index in [4.69, 9.17) is 19.2 Å². The summed E-state index contributed by atoms with van der Waals surface area (Å²) in [6.07, 6.45) is -3.45. The van der Waals surface area contributed by atoms with Crippen molar-refractivity contribution in [3.63, 3.8) is 0 Å². The number of benzene rings is 2. The van der Waals surface area contributed by atoms with Crippen LogP contribution in [0.4, 0.5) is 0 Å². The highest BCUT2D eigenvalue weighted by molar-refractivity contribution is 7.86. The van der Waals surface area contributed by atoms with Crippen LogP contribution in [0, 0.1) is 0 Å². The van der Waals surface area contributed by atoms with Gasteiger partial charge in [0.2, 0.25) is 0 Å². The van der Waals surface area contributed by atoms with Crippen LogP contribution in [-0.4, -0.2) is 62.5 Å². The molecule has 11 heteroatoms. The fourth-order valence-corrected chi connectivity index (χ4v) is 3.58. The first kappa shape index (κ1) is 25.8. The molecular formula is C21H27N3O7S. The Kier molecular flexibility index (Phi) is 10.6. The highest BCUT2D eigenvalue weighted by Gasteiger charge is 2.37. The zero-order chi connectivity index (χ0) is 23.4. The zero-order valence-corrected chi connectivity index (χ0v) is 18.4. The second-order valence-corrected chi connectivity index (χ2v) is 8.65. The Balaban J connectivity index is 2.16. The average molecular weight is 466 g/mol. The molecule has 2 aromatic carbocycles. The summed E-state index contributed by atoms with van der Waals surface area (Å²) in [7, 11) is -3.97. The van der Waals surface area contributed by atoms with Crippen molar-refractivity contribution in [3.05, 3.63) is 82.2 Å². The van der Waals surface area contributed by atoms with Gasteiger partial charge in [-0.3, -0.25) is 4.18 Å². The van der Waals surface area contributed by atoms with E-state index in [0.29, 0.717) is 0 Å². The van der Waals surface area contributed by atoms with Crippen molar-refractivity contribution >= 4 is 10.1 Å². The fraction of sp³-hybridized carbons (Fsp3) is 0.429. The molecule has 0 saturated carbocycles. The lowest BCUT2D eigenvalue weighted by Crippen LogP contribution is -2.49. The van der Waals surface area contributed by atoms with E-state index < -0.39 is 41.1 Å². The Hall–Kier alpha value is -2.50. The van der Waals surface area contributed by atoms with E-state index in [-0.39, 0.29) is 19.8 Å². The van der Waals surface area contributed by atoms with Crippen LogP contribution in [0.5, 0.6) is 0 Å². The van der Waals surface area contributed by atoms with E-state index in [1.165, 1.54) is 0 Å². The van der Waals surface area contributed by atoms with Gasteiger partial charge in [-0.1, -0.05) is 65.8 Å². The van der Waals surface area contributed by atoms with Crippen LogP contribution in [0.15, 0.2) is 65.8 Å². The lowest BCUT2D eigenvalue weighted by atomic mass is 10.0. The predicted octanol–water partition coefficient (Wildman–Crippen LogP) is 2.17. The number of rotatable bonds is 14. The highest BCUT2D eigenvalue weighted by Crippen LogP contribution is 2.19. The van der Waals surface area contributed by atoms with Gasteiger partial charge in [-0.25, -0.2) is 0 Å². The summed E-state index contributed by atoms with van der Waals surface area (Å²) in [5, 5.41) is 24.2. The minimum Gasteiger partial charge on any atom is -0.394 e. The van der Waals surface area contributed by atoms with Crippen LogP contribution in [0.1, 0.15) is 11.1 Å². The molecule has 0 unspecified atom stereocenters. The number of nitrogens with zero attached hydrogens (tertiary/aromatic N) is 3. The van der Waals surface area contributed by atoms with Gasteiger partial charge >= 0.3 is 0 Å². The van der Waals surface area contributed by atoms with Crippen LogP contribution in [0.25, 0.3) is 10.4 Å². The van der Waals surface area contributed by atoms with Crippen LogP contribution in [0.2, 0.25) is 0 Å². The van der Waals surface area contributed by atoms with Crippen molar-refractivity contribution < 1.29 is 32.3 Å². The summed E-state index contributed by atoms with van der Waals surface area (Å²) < 4.78 is 39.5. The van der Waals surface area contributed by atoms with Crippen molar-refractivity contribution in [3.8, 4) is 0 Å². The third-order valence-electron chi connectivity index (χ3n) is 4.46. The monoisotopic (exact) mass is 465 g/mol. The van der Waals surface area contributed by atoms with Gasteiger partial charge in [0.1, 0.15) is 12.2 Å². The Morgan fingerprint density at radius 2 is 1.59 bits per heavy atom. The lowest BCUT2D eigenvalue weighted by Gasteiger charge is -2.32. The third-order valence-corrected chi connectivity index (χ3v) is 5.06. The van der Waals surface area contributed by atoms with E-state index in [1.807, 2.05) is 36.4 Å². The van der Waals surface area contributed by atoms with Crippen LogP contribution in [0.3, 0.4) is 0 Å². The first-order valence-electron chi connectivity index (χ1n) is 9.82. The summed E-state index contributed by atoms with van der Waals surface area (Å²) in [4.78, 5) is 2.75. The summed E-state index contributed by atoms with van der Waals surface area (Å²) in [6, 6.07) is 17.1. The molecule has 0 amide bonds. The molecule has 0 saturated heterocycles. The SMILES string of the molecule is CS(=O)(=O)O[C@@H](CO)[C@@H](OCc1ccccc1)[C@@H](O)[C@H](COCc1ccccc1)N=[N+]=[N-]. The molecule has 2 N–H and O–H groups in total. The van der Waals surface area contributed by atoms with Gasteiger partial charge in [0.15, 0.2) is 0 Å². The van der Waals surface area contributed by atoms with Gasteiger partial charge in [0.05, 0.1) is 44.8 Å². The fourth-order valence-electron chi connectivity index (χ4n) is 2.96. The van der Waals surface area contributed by atoms with Gasteiger partial charge in [0, 0.05) is 4.91 Å². The largest absolute Gasteiger partial charge is 0.394 e. The number of azide groups is 1. The van der Waals surface area contributed by atoms with Crippen molar-refractivity contribution in [2.75, 3.05) is 19.5 Å². The molecule has 0 fully saturated rings. The molecular weight excluding hydrogens is 438 g/mol. The van der Waals surface area contributed by atoms with Crippen molar-refractivity contribution in [1.82, 2.24) is 0 Å². The molecule has 0 bridgehead atoms. The molecule has 0 heterocycles. The van der Waals surface area contributed by atoms with E-state index in [9.17, 15) is 18.6 Å². The molecule has 174 valence electrons. The van der Waals surface area contributed by atoms with E-state index in [0.717, 1.165) is 17.4 Å². The Bertz CT molecular complexity index is 954. The summed E-state index contributed by atoms with van der Waals surface area (Å²) in [5.74, 6) is 0. The number of hydrogen-bond donors (Lipinski definition) is 2. The minimum absolute atomic E-state index is 0.0000485. The molecule has 10 nitrogen and oxygen atoms in total. The molecule has 0 aliphatic heterocycles. The average Bonchev–Trinajstić information content (AvgIpc) is 2.78. The zero-order valence-electron chi connectivity index (χ0n) is 17.6. The van der Waals surface area contributed by atoms with E-state index in [2.05, 4.69) is 10.0 Å². The third kappa shape index (κ3) is 8.93. The van der Waals surface area contributed by atoms with Gasteiger partial charge in [-0.05, 0) is 16.7 Å². The highest BCUT2D eigenvalue weighted by atomic mass is 32.2. The molecule has 0 aromatic heterocycles. The molecule has 4 atom stereocenters. The molecule has 0 aliphatic rings. The van der Waals surface area contributed by atoms with Crippen LogP contribution < -0.4 is 0 Å². The van der Waals surface area contributed by atoms with E-state index >= 15 is 0 Å². The quantitative estimate of drug-likeness (QED) is 0.188. The molecule has 2 aromatic rings. The number of aliphatic hydroxyl groups is 2. The van der Waals surface area contributed by atoms with Crippen molar-refractivity contribution in [1.29, 1.82) is 0 Å². The minimum atomic E-state index is -3.97. The first-order chi connectivity index (χ1) is 15.3. The van der Waals surface area contributed by atoms with Crippen molar-refractivity contribution in [2.45, 2.75) is 37.6 Å². The summed E-state index contributed by atoms with van der Waals surface area (Å²) >= 11 is 0. The second kappa shape index (κ2) is 13.1.